The fourth-order valence-electron chi connectivity index (χ4n) is 3.36. The van der Waals surface area contributed by atoms with E-state index in [2.05, 4.69) is 12.2 Å². The summed E-state index contributed by atoms with van der Waals surface area (Å²) in [5, 5.41) is 3.54. The summed E-state index contributed by atoms with van der Waals surface area (Å²) < 4.78 is 0. The summed E-state index contributed by atoms with van der Waals surface area (Å²) in [7, 11) is 0. The van der Waals surface area contributed by atoms with E-state index in [0.29, 0.717) is 5.92 Å². The zero-order valence-corrected chi connectivity index (χ0v) is 14.0. The molecule has 21 heavy (non-hydrogen) atoms. The van der Waals surface area contributed by atoms with Crippen LogP contribution in [0.15, 0.2) is 0 Å². The molecule has 3 rings (SSSR count). The number of anilines is 1. The van der Waals surface area contributed by atoms with Gasteiger partial charge < -0.3 is 5.32 Å². The van der Waals surface area contributed by atoms with Crippen molar-refractivity contribution in [3.63, 3.8) is 0 Å². The van der Waals surface area contributed by atoms with Crippen LogP contribution in [-0.4, -0.2) is 16.5 Å². The van der Waals surface area contributed by atoms with Crippen molar-refractivity contribution < 1.29 is 0 Å². The molecule has 1 aliphatic heterocycles. The van der Waals surface area contributed by atoms with Crippen LogP contribution in [0.1, 0.15) is 81.3 Å². The molecule has 0 atom stereocenters. The van der Waals surface area contributed by atoms with Crippen molar-refractivity contribution in [3.05, 3.63) is 17.1 Å². The molecule has 1 fully saturated rings. The summed E-state index contributed by atoms with van der Waals surface area (Å²) in [6.07, 6.45) is 10.6. The minimum Gasteiger partial charge on any atom is -0.370 e. The highest BCUT2D eigenvalue weighted by Gasteiger charge is 2.23. The van der Waals surface area contributed by atoms with Crippen molar-refractivity contribution >= 4 is 17.6 Å². The van der Waals surface area contributed by atoms with E-state index in [-0.39, 0.29) is 0 Å². The first-order chi connectivity index (χ1) is 10.4. The highest BCUT2D eigenvalue weighted by atomic mass is 32.2. The minimum atomic E-state index is 0.586. The van der Waals surface area contributed by atoms with Crippen molar-refractivity contribution in [2.75, 3.05) is 11.9 Å². The van der Waals surface area contributed by atoms with Crippen LogP contribution < -0.4 is 5.32 Å². The number of nitrogens with zero attached hydrogens (tertiary/aromatic N) is 2. The van der Waals surface area contributed by atoms with Crippen molar-refractivity contribution in [2.45, 2.75) is 75.7 Å². The Morgan fingerprint density at radius 2 is 1.81 bits per heavy atom. The maximum absolute atomic E-state index is 4.95. The Bertz CT molecular complexity index is 467. The van der Waals surface area contributed by atoms with Crippen molar-refractivity contribution in [1.82, 2.24) is 9.97 Å². The first-order valence-electron chi connectivity index (χ1n) is 8.59. The maximum Gasteiger partial charge on any atom is 0.134 e. The van der Waals surface area contributed by atoms with Crippen molar-refractivity contribution in [1.29, 1.82) is 0 Å². The second-order valence-corrected chi connectivity index (χ2v) is 7.30. The smallest absolute Gasteiger partial charge is 0.134 e. The van der Waals surface area contributed by atoms with Gasteiger partial charge in [0.1, 0.15) is 11.6 Å². The molecule has 2 aliphatic rings. The summed E-state index contributed by atoms with van der Waals surface area (Å²) in [6, 6.07) is 0. The Morgan fingerprint density at radius 3 is 2.57 bits per heavy atom. The van der Waals surface area contributed by atoms with Crippen molar-refractivity contribution in [3.8, 4) is 0 Å². The van der Waals surface area contributed by atoms with Gasteiger partial charge in [-0.25, -0.2) is 9.97 Å². The van der Waals surface area contributed by atoms with Gasteiger partial charge in [0.2, 0.25) is 0 Å². The van der Waals surface area contributed by atoms with Gasteiger partial charge in [0.15, 0.2) is 0 Å². The minimum absolute atomic E-state index is 0.586. The van der Waals surface area contributed by atoms with Gasteiger partial charge in [0.05, 0.1) is 5.69 Å². The molecule has 1 aromatic rings. The van der Waals surface area contributed by atoms with Crippen LogP contribution in [0.25, 0.3) is 0 Å². The molecule has 0 spiro atoms. The van der Waals surface area contributed by atoms with Crippen LogP contribution >= 0.6 is 11.8 Å². The Labute approximate surface area is 132 Å². The summed E-state index contributed by atoms with van der Waals surface area (Å²) >= 11 is 1.97. The molecule has 0 radical (unpaired) electrons. The van der Waals surface area contributed by atoms with Gasteiger partial charge in [-0.05, 0) is 19.3 Å². The molecule has 1 aliphatic carbocycles. The van der Waals surface area contributed by atoms with Crippen LogP contribution in [0.3, 0.4) is 0 Å². The molecule has 1 saturated carbocycles. The molecule has 3 nitrogen and oxygen atoms in total. The van der Waals surface area contributed by atoms with Gasteiger partial charge in [-0.15, -0.1) is 0 Å². The lowest BCUT2D eigenvalue weighted by molar-refractivity contribution is 0.442. The first-order valence-corrected chi connectivity index (χ1v) is 9.75. The molecular weight excluding hydrogens is 278 g/mol. The fraction of sp³-hybridized carbons (Fsp3) is 0.765. The van der Waals surface area contributed by atoms with E-state index in [1.807, 2.05) is 11.8 Å². The Kier molecular flexibility index (Phi) is 5.39. The lowest BCUT2D eigenvalue weighted by Gasteiger charge is -2.20. The van der Waals surface area contributed by atoms with Gasteiger partial charge in [-0.1, -0.05) is 39.0 Å². The van der Waals surface area contributed by atoms with Crippen molar-refractivity contribution in [2.24, 2.45) is 0 Å². The molecule has 1 N–H and O–H groups in total. The molecule has 1 aromatic heterocycles. The quantitative estimate of drug-likeness (QED) is 0.861. The molecule has 0 unspecified atom stereocenters. The van der Waals surface area contributed by atoms with E-state index >= 15 is 0 Å². The number of hydrogen-bond acceptors (Lipinski definition) is 4. The molecule has 4 heteroatoms. The highest BCUT2D eigenvalue weighted by Crippen LogP contribution is 2.36. The van der Waals surface area contributed by atoms with Crippen LogP contribution in [0.5, 0.6) is 0 Å². The number of nitrogens with one attached hydrogen (secondary N) is 1. The highest BCUT2D eigenvalue weighted by molar-refractivity contribution is 7.98. The van der Waals surface area contributed by atoms with E-state index in [9.17, 15) is 0 Å². The predicted octanol–water partition coefficient (Wildman–Crippen LogP) is 4.87. The van der Waals surface area contributed by atoms with E-state index in [1.54, 1.807) is 0 Å². The van der Waals surface area contributed by atoms with Gasteiger partial charge in [-0.3, -0.25) is 0 Å². The first kappa shape index (κ1) is 15.1. The number of thioether (sulfide) groups is 1. The Morgan fingerprint density at radius 1 is 1.05 bits per heavy atom. The predicted molar refractivity (Wildman–Crippen MR) is 90.9 cm³/mol. The zero-order chi connectivity index (χ0) is 14.5. The third kappa shape index (κ3) is 3.71. The van der Waals surface area contributed by atoms with Gasteiger partial charge in [0, 0.05) is 29.5 Å². The summed E-state index contributed by atoms with van der Waals surface area (Å²) in [6.45, 7) is 3.22. The molecule has 0 amide bonds. The second-order valence-electron chi connectivity index (χ2n) is 6.32. The average molecular weight is 305 g/mol. The molecular formula is C17H27N3S. The van der Waals surface area contributed by atoms with Gasteiger partial charge in [0.25, 0.3) is 0 Å². The largest absolute Gasteiger partial charge is 0.370 e. The zero-order valence-electron chi connectivity index (χ0n) is 13.2. The average Bonchev–Trinajstić information content (AvgIpc) is 2.92. The van der Waals surface area contributed by atoms with Crippen LogP contribution in [0.4, 0.5) is 5.82 Å². The number of rotatable bonds is 4. The number of fused-ring (bicyclic) bond motifs is 1. The summed E-state index contributed by atoms with van der Waals surface area (Å²) in [4.78, 5) is 9.89. The molecule has 0 bridgehead atoms. The standard InChI is InChI=1S/C17H27N3S/c1-2-10-18-17-14-11-21-12-15(14)19-16(20-17)13-8-6-4-3-5-7-9-13/h13H,2-12H2,1H3,(H,18,19,20). The summed E-state index contributed by atoms with van der Waals surface area (Å²) in [5.74, 6) is 4.98. The van der Waals surface area contributed by atoms with E-state index in [4.69, 9.17) is 9.97 Å². The molecule has 0 saturated heterocycles. The van der Waals surface area contributed by atoms with E-state index in [0.717, 1.165) is 36.1 Å². The number of aromatic nitrogens is 2. The van der Waals surface area contributed by atoms with Crippen LogP contribution in [0.2, 0.25) is 0 Å². The Hall–Kier alpha value is -0.770. The van der Waals surface area contributed by atoms with Gasteiger partial charge in [-0.2, -0.15) is 11.8 Å². The second kappa shape index (κ2) is 7.48. The lowest BCUT2D eigenvalue weighted by Crippen LogP contribution is -2.13. The van der Waals surface area contributed by atoms with Crippen LogP contribution in [0, 0.1) is 0 Å². The topological polar surface area (TPSA) is 37.8 Å². The normalized spacial score (nSPS) is 19.9. The Balaban J connectivity index is 1.83. The van der Waals surface area contributed by atoms with Gasteiger partial charge >= 0.3 is 0 Å². The van der Waals surface area contributed by atoms with Crippen LogP contribution in [-0.2, 0) is 11.5 Å². The number of hydrogen-bond donors (Lipinski definition) is 1. The molecule has 0 aromatic carbocycles. The third-order valence-corrected chi connectivity index (χ3v) is 5.58. The SMILES string of the molecule is CCCNc1nc(C2CCCCCCC2)nc2c1CSC2. The monoisotopic (exact) mass is 305 g/mol. The maximum atomic E-state index is 4.95. The molecule has 2 heterocycles. The fourth-order valence-corrected chi connectivity index (χ4v) is 4.40. The van der Waals surface area contributed by atoms with E-state index in [1.165, 1.54) is 56.2 Å². The lowest BCUT2D eigenvalue weighted by atomic mass is 9.90. The molecule has 116 valence electrons. The third-order valence-electron chi connectivity index (χ3n) is 4.61. The van der Waals surface area contributed by atoms with E-state index < -0.39 is 0 Å². The summed E-state index contributed by atoms with van der Waals surface area (Å²) in [5.41, 5.74) is 2.66.